The van der Waals surface area contributed by atoms with Crippen LogP contribution in [0.5, 0.6) is 0 Å². The number of benzene rings is 1. The Morgan fingerprint density at radius 2 is 1.62 bits per heavy atom. The summed E-state index contributed by atoms with van der Waals surface area (Å²) in [5.41, 5.74) is 2.41. The van der Waals surface area contributed by atoms with Crippen LogP contribution in [-0.4, -0.2) is 25.4 Å². The normalized spacial score (nSPS) is 11.8. The first-order chi connectivity index (χ1) is 11.0. The molecular formula is C16H16Cl3NO3S. The van der Waals surface area contributed by atoms with Crippen molar-refractivity contribution in [1.29, 1.82) is 0 Å². The summed E-state index contributed by atoms with van der Waals surface area (Å²) in [6.45, 7) is 3.49. The molecule has 0 saturated carbocycles. The largest absolute Gasteiger partial charge is 0.341 e. The molecule has 0 atom stereocenters. The Hall–Kier alpha value is -1.01. The van der Waals surface area contributed by atoms with Gasteiger partial charge < -0.3 is 4.98 Å². The van der Waals surface area contributed by atoms with E-state index in [-0.39, 0.29) is 33.1 Å². The second-order valence-electron chi connectivity index (χ2n) is 5.70. The van der Waals surface area contributed by atoms with E-state index in [2.05, 4.69) is 4.98 Å². The maximum atomic E-state index is 12.3. The topological polar surface area (TPSA) is 67.0 Å². The second-order valence-corrected chi connectivity index (χ2v) is 8.78. The number of ketones is 1. The van der Waals surface area contributed by atoms with Crippen LogP contribution in [0.25, 0.3) is 0 Å². The molecule has 0 aliphatic rings. The van der Waals surface area contributed by atoms with Crippen molar-refractivity contribution in [1.82, 2.24) is 4.98 Å². The van der Waals surface area contributed by atoms with Crippen LogP contribution in [0.2, 0.25) is 15.2 Å². The third-order valence-corrected chi connectivity index (χ3v) is 6.27. The van der Waals surface area contributed by atoms with Crippen LogP contribution in [0.1, 0.15) is 33.6 Å². The summed E-state index contributed by atoms with van der Waals surface area (Å²) in [6, 6.07) is 3.57. The van der Waals surface area contributed by atoms with E-state index in [4.69, 9.17) is 34.8 Å². The number of sulfone groups is 1. The molecule has 0 saturated heterocycles. The minimum atomic E-state index is -3.28. The van der Waals surface area contributed by atoms with Gasteiger partial charge in [0, 0.05) is 12.7 Å². The molecule has 1 aromatic carbocycles. The van der Waals surface area contributed by atoms with Crippen LogP contribution in [0.3, 0.4) is 0 Å². The molecule has 0 radical (unpaired) electrons. The van der Waals surface area contributed by atoms with Crippen molar-refractivity contribution < 1.29 is 13.2 Å². The van der Waals surface area contributed by atoms with Gasteiger partial charge in [0.25, 0.3) is 0 Å². The van der Waals surface area contributed by atoms with Gasteiger partial charge in [-0.3, -0.25) is 4.79 Å². The van der Waals surface area contributed by atoms with Gasteiger partial charge in [-0.05, 0) is 37.0 Å². The lowest BCUT2D eigenvalue weighted by atomic mass is 10.0. The molecule has 130 valence electrons. The Bertz CT molecular complexity index is 894. The van der Waals surface area contributed by atoms with Crippen molar-refractivity contribution >= 4 is 50.4 Å². The second kappa shape index (κ2) is 7.08. The Labute approximate surface area is 156 Å². The highest BCUT2D eigenvalue weighted by atomic mass is 35.5. The van der Waals surface area contributed by atoms with E-state index in [1.807, 2.05) is 0 Å². The fraction of sp³-hybridized carbons (Fsp3) is 0.312. The van der Waals surface area contributed by atoms with E-state index < -0.39 is 9.84 Å². The van der Waals surface area contributed by atoms with Crippen LogP contribution in [-0.2, 0) is 16.3 Å². The number of aryl methyl sites for hydroxylation is 3. The predicted molar refractivity (Wildman–Crippen MR) is 97.5 cm³/mol. The van der Waals surface area contributed by atoms with Crippen molar-refractivity contribution in [3.8, 4) is 0 Å². The van der Waals surface area contributed by atoms with Gasteiger partial charge in [-0.25, -0.2) is 8.42 Å². The van der Waals surface area contributed by atoms with Gasteiger partial charge >= 0.3 is 0 Å². The number of nitrogens with one attached hydrogen (secondary N) is 1. The third-order valence-electron chi connectivity index (χ3n) is 3.65. The Kier molecular flexibility index (Phi) is 5.70. The predicted octanol–water partition coefficient (Wildman–Crippen LogP) is 4.81. The van der Waals surface area contributed by atoms with Crippen molar-refractivity contribution in [2.45, 2.75) is 31.6 Å². The number of halogens is 3. The molecule has 0 aliphatic carbocycles. The van der Waals surface area contributed by atoms with Crippen LogP contribution in [0, 0.1) is 13.8 Å². The number of carbonyl (C=O) groups excluding carboxylic acids is 1. The number of aromatic nitrogens is 1. The maximum absolute atomic E-state index is 12.3. The first kappa shape index (κ1) is 19.3. The summed E-state index contributed by atoms with van der Waals surface area (Å²) < 4.78 is 23.6. The molecule has 0 bridgehead atoms. The van der Waals surface area contributed by atoms with Crippen LogP contribution in [0.4, 0.5) is 0 Å². The molecule has 1 N–H and O–H groups in total. The molecule has 2 aromatic rings. The van der Waals surface area contributed by atoms with E-state index in [1.165, 1.54) is 6.26 Å². The average molecular weight is 409 g/mol. The number of H-pyrrole nitrogens is 1. The number of rotatable bonds is 5. The zero-order chi connectivity index (χ0) is 18.2. The molecule has 1 aromatic heterocycles. The summed E-state index contributed by atoms with van der Waals surface area (Å²) >= 11 is 17.7. The SMILES string of the molecule is Cc1cc(CCC(=O)c2[nH]c(Cl)c(Cl)c2Cl)cc(C)c1S(C)(=O)=O. The van der Waals surface area contributed by atoms with E-state index in [0.717, 1.165) is 5.56 Å². The molecule has 24 heavy (non-hydrogen) atoms. The summed E-state index contributed by atoms with van der Waals surface area (Å²) in [5.74, 6) is -0.212. The van der Waals surface area contributed by atoms with Gasteiger partial charge in [-0.2, -0.15) is 0 Å². The number of carbonyl (C=O) groups is 1. The number of Topliss-reactive ketones (excluding diaryl/α,β-unsaturated/α-hetero) is 1. The first-order valence-corrected chi connectivity index (χ1v) is 10.1. The molecular weight excluding hydrogens is 393 g/mol. The highest BCUT2D eigenvalue weighted by Gasteiger charge is 2.19. The lowest BCUT2D eigenvalue weighted by Gasteiger charge is -2.11. The molecule has 8 heteroatoms. The van der Waals surface area contributed by atoms with Crippen molar-refractivity contribution in [3.05, 3.63) is 49.7 Å². The van der Waals surface area contributed by atoms with Crippen molar-refractivity contribution in [2.24, 2.45) is 0 Å². The minimum Gasteiger partial charge on any atom is -0.341 e. The molecule has 0 spiro atoms. The number of aromatic amines is 1. The molecule has 1 heterocycles. The monoisotopic (exact) mass is 407 g/mol. The Morgan fingerprint density at radius 1 is 1.08 bits per heavy atom. The molecule has 2 rings (SSSR count). The molecule has 4 nitrogen and oxygen atoms in total. The average Bonchev–Trinajstić information content (AvgIpc) is 2.70. The van der Waals surface area contributed by atoms with Crippen molar-refractivity contribution in [2.75, 3.05) is 6.26 Å². The van der Waals surface area contributed by atoms with Gasteiger partial charge in [0.15, 0.2) is 15.6 Å². The fourth-order valence-electron chi connectivity index (χ4n) is 2.77. The van der Waals surface area contributed by atoms with Crippen LogP contribution >= 0.6 is 34.8 Å². The lowest BCUT2D eigenvalue weighted by Crippen LogP contribution is -2.06. The smallest absolute Gasteiger partial charge is 0.180 e. The van der Waals surface area contributed by atoms with Gasteiger partial charge in [0.2, 0.25) is 0 Å². The first-order valence-electron chi connectivity index (χ1n) is 7.08. The summed E-state index contributed by atoms with van der Waals surface area (Å²) in [7, 11) is -3.28. The van der Waals surface area contributed by atoms with E-state index in [1.54, 1.807) is 26.0 Å². The van der Waals surface area contributed by atoms with E-state index >= 15 is 0 Å². The molecule has 0 unspecified atom stereocenters. The zero-order valence-corrected chi connectivity index (χ0v) is 16.4. The summed E-state index contributed by atoms with van der Waals surface area (Å²) in [4.78, 5) is 15.3. The standard InChI is InChI=1S/C16H16Cl3NO3S/c1-8-6-10(7-9(2)15(8)24(3,22)23)4-5-11(21)14-12(17)13(18)16(19)20-14/h6-7,20H,4-5H2,1-3H3. The molecule has 0 aliphatic heterocycles. The lowest BCUT2D eigenvalue weighted by molar-refractivity contribution is 0.0978. The maximum Gasteiger partial charge on any atom is 0.180 e. The van der Waals surface area contributed by atoms with Crippen molar-refractivity contribution in [3.63, 3.8) is 0 Å². The van der Waals surface area contributed by atoms with Gasteiger partial charge in [-0.15, -0.1) is 0 Å². The van der Waals surface area contributed by atoms with E-state index in [0.29, 0.717) is 22.4 Å². The highest BCUT2D eigenvalue weighted by Crippen LogP contribution is 2.33. The zero-order valence-electron chi connectivity index (χ0n) is 13.3. The van der Waals surface area contributed by atoms with Crippen LogP contribution < -0.4 is 0 Å². The fourth-order valence-corrected chi connectivity index (χ4v) is 4.68. The van der Waals surface area contributed by atoms with Gasteiger partial charge in [0.1, 0.15) is 10.8 Å². The Morgan fingerprint density at radius 3 is 2.04 bits per heavy atom. The highest BCUT2D eigenvalue weighted by molar-refractivity contribution is 7.90. The van der Waals surface area contributed by atoms with Crippen LogP contribution in [0.15, 0.2) is 17.0 Å². The third kappa shape index (κ3) is 3.97. The van der Waals surface area contributed by atoms with E-state index in [9.17, 15) is 13.2 Å². The summed E-state index contributed by atoms with van der Waals surface area (Å²) in [6.07, 6.45) is 1.84. The molecule has 0 fully saturated rings. The van der Waals surface area contributed by atoms with Gasteiger partial charge in [-0.1, -0.05) is 46.9 Å². The molecule has 0 amide bonds. The number of hydrogen-bond acceptors (Lipinski definition) is 3. The van der Waals surface area contributed by atoms with Gasteiger partial charge in [0.05, 0.1) is 14.9 Å². The number of hydrogen-bond donors (Lipinski definition) is 1. The summed E-state index contributed by atoms with van der Waals surface area (Å²) in [5, 5.41) is 0.381. The Balaban J connectivity index is 2.21. The quantitative estimate of drug-likeness (QED) is 0.722. The minimum absolute atomic E-state index is 0.117.